The van der Waals surface area contributed by atoms with Crippen molar-refractivity contribution < 1.29 is 19.1 Å². The first kappa shape index (κ1) is 29.9. The Bertz CT molecular complexity index is 1180. The molecule has 2 N–H and O–H groups in total. The molecule has 0 spiro atoms. The summed E-state index contributed by atoms with van der Waals surface area (Å²) in [5.74, 6) is 1.48. The highest BCUT2D eigenvalue weighted by Crippen LogP contribution is 2.45. The molecule has 2 aromatic rings. The Morgan fingerprint density at radius 3 is 2.34 bits per heavy atom. The van der Waals surface area contributed by atoms with Crippen LogP contribution in [0.1, 0.15) is 106 Å². The number of halogens is 1. The fourth-order valence-electron chi connectivity index (χ4n) is 7.05. The molecule has 222 valence electrons. The van der Waals surface area contributed by atoms with Crippen molar-refractivity contribution in [2.75, 3.05) is 7.05 Å². The Hall–Kier alpha value is -2.61. The monoisotopic (exact) mass is 563 g/mol. The number of carbonyl (C=O) groups excluding carboxylic acids is 1. The molecule has 0 aromatic heterocycles. The maximum Gasteiger partial charge on any atom is 0.242 e. The van der Waals surface area contributed by atoms with Gasteiger partial charge in [0.1, 0.15) is 18.2 Å². The lowest BCUT2D eigenvalue weighted by Gasteiger charge is -2.46. The lowest BCUT2D eigenvalue weighted by molar-refractivity contribution is -0.0503. The summed E-state index contributed by atoms with van der Waals surface area (Å²) >= 11 is 0. The van der Waals surface area contributed by atoms with Crippen molar-refractivity contribution in [2.24, 2.45) is 16.8 Å². The smallest absolute Gasteiger partial charge is 0.242 e. The number of carbonyl (C=O) groups is 1. The maximum absolute atomic E-state index is 13.8. The minimum absolute atomic E-state index is 0.0271. The Labute approximate surface area is 244 Å². The predicted octanol–water partition coefficient (Wildman–Crippen LogP) is 6.76. The van der Waals surface area contributed by atoms with Gasteiger partial charge in [-0.1, -0.05) is 43.5 Å². The zero-order valence-electron chi connectivity index (χ0n) is 24.8. The number of hydrogen-bond acceptors (Lipinski definition) is 6. The molecule has 0 radical (unpaired) electrons. The Balaban J connectivity index is 1.18. The molecule has 0 bridgehead atoms. The molecule has 41 heavy (non-hydrogen) atoms. The second-order valence-corrected chi connectivity index (χ2v) is 12.6. The van der Waals surface area contributed by atoms with Crippen molar-refractivity contribution >= 4 is 11.7 Å². The van der Waals surface area contributed by atoms with E-state index in [1.165, 1.54) is 44.2 Å². The van der Waals surface area contributed by atoms with Crippen LogP contribution in [0, 0.1) is 17.7 Å². The maximum atomic E-state index is 13.8. The van der Waals surface area contributed by atoms with E-state index >= 15 is 0 Å². The molecule has 1 aliphatic heterocycles. The average molecular weight is 564 g/mol. The van der Waals surface area contributed by atoms with Crippen LogP contribution >= 0.6 is 0 Å². The molecule has 5 rings (SSSR count). The molecule has 3 aliphatic rings. The van der Waals surface area contributed by atoms with Crippen LogP contribution in [0.2, 0.25) is 0 Å². The van der Waals surface area contributed by atoms with Crippen LogP contribution in [0.25, 0.3) is 0 Å². The third-order valence-electron chi connectivity index (χ3n) is 10.0. The molecule has 2 unspecified atom stereocenters. The molecule has 6 nitrogen and oxygen atoms in total. The number of aliphatic imine (C=N–C) groups is 1. The lowest BCUT2D eigenvalue weighted by Crippen LogP contribution is -2.54. The molecule has 2 aliphatic carbocycles. The summed E-state index contributed by atoms with van der Waals surface area (Å²) in [6, 6.07) is 14.5. The van der Waals surface area contributed by atoms with Crippen LogP contribution in [0.4, 0.5) is 4.39 Å². The quantitative estimate of drug-likeness (QED) is 0.247. The molecule has 2 fully saturated rings. The number of rotatable bonds is 10. The van der Waals surface area contributed by atoms with Crippen LogP contribution in [0.15, 0.2) is 53.5 Å². The normalized spacial score (nSPS) is 27.2. The zero-order valence-corrected chi connectivity index (χ0v) is 24.8. The van der Waals surface area contributed by atoms with E-state index in [9.17, 15) is 14.3 Å². The predicted molar refractivity (Wildman–Crippen MR) is 160 cm³/mol. The van der Waals surface area contributed by atoms with Gasteiger partial charge in [-0.25, -0.2) is 9.38 Å². The average Bonchev–Trinajstić information content (AvgIpc) is 3.34. The van der Waals surface area contributed by atoms with E-state index in [0.29, 0.717) is 29.7 Å². The fraction of sp³-hybridized carbons (Fsp3) is 0.588. The van der Waals surface area contributed by atoms with Gasteiger partial charge in [0.15, 0.2) is 5.78 Å². The molecule has 3 atom stereocenters. The number of benzene rings is 2. The molecular weight excluding hydrogens is 517 g/mol. The van der Waals surface area contributed by atoms with Gasteiger partial charge in [0.25, 0.3) is 0 Å². The summed E-state index contributed by atoms with van der Waals surface area (Å²) in [4.78, 5) is 23.2. The summed E-state index contributed by atoms with van der Waals surface area (Å²) in [7, 11) is 1.85. The van der Waals surface area contributed by atoms with Crippen molar-refractivity contribution in [1.82, 2.24) is 10.4 Å². The third kappa shape index (κ3) is 6.90. The number of aliphatic hydroxyl groups is 1. The van der Waals surface area contributed by atoms with Crippen molar-refractivity contribution in [1.29, 1.82) is 0 Å². The molecule has 7 heteroatoms. The van der Waals surface area contributed by atoms with Gasteiger partial charge >= 0.3 is 0 Å². The van der Waals surface area contributed by atoms with E-state index in [1.807, 2.05) is 50.4 Å². The number of ketones is 1. The van der Waals surface area contributed by atoms with Crippen molar-refractivity contribution in [3.63, 3.8) is 0 Å². The second kappa shape index (κ2) is 13.1. The number of hydroxylamine groups is 2. The number of aliphatic hydroxyl groups excluding tert-OH is 1. The van der Waals surface area contributed by atoms with Crippen molar-refractivity contribution in [3.05, 3.63) is 71.0 Å². The highest BCUT2D eigenvalue weighted by atomic mass is 19.1. The second-order valence-electron chi connectivity index (χ2n) is 12.6. The van der Waals surface area contributed by atoms with Gasteiger partial charge in [-0.05, 0) is 100 Å². The zero-order chi connectivity index (χ0) is 29.0. The van der Waals surface area contributed by atoms with Crippen LogP contribution < -0.4 is 5.32 Å². The van der Waals surface area contributed by atoms with Crippen molar-refractivity contribution in [3.8, 4) is 0 Å². The summed E-state index contributed by atoms with van der Waals surface area (Å²) in [5, 5.41) is 16.9. The molecule has 0 amide bonds. The third-order valence-corrected chi connectivity index (χ3v) is 10.0. The van der Waals surface area contributed by atoms with E-state index in [1.54, 1.807) is 5.06 Å². The van der Waals surface area contributed by atoms with Gasteiger partial charge in [-0.2, -0.15) is 0 Å². The van der Waals surface area contributed by atoms with Gasteiger partial charge in [-0.3, -0.25) is 10.1 Å². The van der Waals surface area contributed by atoms with Gasteiger partial charge in [0.05, 0.1) is 0 Å². The van der Waals surface area contributed by atoms with Crippen LogP contribution in [-0.4, -0.2) is 47.3 Å². The highest BCUT2D eigenvalue weighted by Gasteiger charge is 2.43. The first-order valence-corrected chi connectivity index (χ1v) is 15.6. The van der Waals surface area contributed by atoms with Crippen LogP contribution in [-0.2, 0) is 10.3 Å². The summed E-state index contributed by atoms with van der Waals surface area (Å²) in [6.07, 6.45) is 10.4. The summed E-state index contributed by atoms with van der Waals surface area (Å²) in [6.45, 7) is 4.17. The first-order chi connectivity index (χ1) is 19.7. The summed E-state index contributed by atoms with van der Waals surface area (Å²) in [5.41, 5.74) is 2.12. The van der Waals surface area contributed by atoms with E-state index < -0.39 is 11.6 Å². The number of nitrogens with one attached hydrogen (secondary N) is 1. The van der Waals surface area contributed by atoms with Gasteiger partial charge in [0, 0.05) is 36.1 Å². The molecule has 1 heterocycles. The molecule has 2 saturated carbocycles. The standard InChI is InChI=1S/C34H46FN3O3/c1-23(26-7-5-4-6-8-26)36-33(40)34(29-14-16-30(35)17-15-29)21-19-25(20-22-34)9-18-31(39)27-10-12-28(13-11-27)32-37-24(2)38(3)41-32/h10-17,23-26,33,36,40H,4-9,18-22H2,1-3H3/t23-,24?,25?,33?,34?/m0/s1. The minimum atomic E-state index is -0.692. The Kier molecular flexibility index (Phi) is 9.57. The SMILES string of the molecule is CC1N=C(c2ccc(C(=O)CCC3CCC(c4ccc(F)cc4)(C(O)N[C@@H](C)C4CCCCC4)CC3)cc2)ON1C. The van der Waals surface area contributed by atoms with Crippen LogP contribution in [0.5, 0.6) is 0 Å². The topological polar surface area (TPSA) is 74.2 Å². The molecule has 2 aromatic carbocycles. The van der Waals surface area contributed by atoms with Gasteiger partial charge in [0.2, 0.25) is 5.90 Å². The lowest BCUT2D eigenvalue weighted by atomic mass is 9.64. The van der Waals surface area contributed by atoms with Gasteiger partial charge < -0.3 is 9.94 Å². The fourth-order valence-corrected chi connectivity index (χ4v) is 7.05. The Morgan fingerprint density at radius 1 is 1.07 bits per heavy atom. The molecular formula is C34H46FN3O3. The molecule has 0 saturated heterocycles. The van der Waals surface area contributed by atoms with E-state index in [2.05, 4.69) is 17.2 Å². The van der Waals surface area contributed by atoms with E-state index in [-0.39, 0.29) is 23.8 Å². The number of Topliss-reactive ketones (excluding diaryl/α,β-unsaturated/α-hetero) is 1. The highest BCUT2D eigenvalue weighted by molar-refractivity contribution is 5.99. The van der Waals surface area contributed by atoms with E-state index in [0.717, 1.165) is 43.2 Å². The minimum Gasteiger partial charge on any atom is -0.384 e. The van der Waals surface area contributed by atoms with Crippen molar-refractivity contribution in [2.45, 2.75) is 108 Å². The van der Waals surface area contributed by atoms with E-state index in [4.69, 9.17) is 4.84 Å². The number of nitrogens with zero attached hydrogens (tertiary/aromatic N) is 2. The number of hydrogen-bond donors (Lipinski definition) is 2. The van der Waals surface area contributed by atoms with Gasteiger partial charge in [-0.15, -0.1) is 5.06 Å². The largest absolute Gasteiger partial charge is 0.384 e. The Morgan fingerprint density at radius 2 is 1.73 bits per heavy atom. The first-order valence-electron chi connectivity index (χ1n) is 15.6. The van der Waals surface area contributed by atoms with Crippen LogP contribution in [0.3, 0.4) is 0 Å². The summed E-state index contributed by atoms with van der Waals surface area (Å²) < 4.78 is 13.8.